The molecule has 0 aromatic carbocycles. The standard InChI is InChI=1S/C8H9N4O.3CH3.Sn/c1-2-12-6(13)5-11-7-8(12)10-4-3-9-7;;;;/h3H,2,5H2,1H3,(H,9,11);3*1H3;. The molecule has 92 valence electrons. The quantitative estimate of drug-likeness (QED) is 0.809. The number of nitrogens with one attached hydrogen (secondary N) is 1. The Kier molecular flexibility index (Phi) is 3.29. The molecule has 0 atom stereocenters. The summed E-state index contributed by atoms with van der Waals surface area (Å²) in [5, 5.41) is 3.01. The molecule has 2 rings (SSSR count). The molecule has 0 saturated carbocycles. The van der Waals surface area contributed by atoms with Crippen molar-refractivity contribution in [3.05, 3.63) is 6.20 Å². The van der Waals surface area contributed by atoms with Crippen LogP contribution in [0.3, 0.4) is 0 Å². The first kappa shape index (κ1) is 12.6. The minimum atomic E-state index is -2.23. The fourth-order valence-electron chi connectivity index (χ4n) is 1.75. The molecule has 0 fully saturated rings. The van der Waals surface area contributed by atoms with Crippen LogP contribution < -0.4 is 13.9 Å². The van der Waals surface area contributed by atoms with E-state index in [1.165, 1.54) is 0 Å². The third kappa shape index (κ3) is 2.38. The van der Waals surface area contributed by atoms with E-state index >= 15 is 0 Å². The molecule has 1 amide bonds. The number of rotatable bonds is 2. The van der Waals surface area contributed by atoms with Gasteiger partial charge >= 0.3 is 106 Å². The number of carbonyl (C=O) groups excluding carboxylic acids is 1. The summed E-state index contributed by atoms with van der Waals surface area (Å²) in [5.41, 5.74) is 0. The van der Waals surface area contributed by atoms with Crippen molar-refractivity contribution in [2.75, 3.05) is 23.3 Å². The van der Waals surface area contributed by atoms with Crippen LogP contribution in [0.5, 0.6) is 0 Å². The van der Waals surface area contributed by atoms with Crippen LogP contribution in [0.4, 0.5) is 11.6 Å². The van der Waals surface area contributed by atoms with Crippen LogP contribution in [-0.4, -0.2) is 47.3 Å². The molecule has 0 bridgehead atoms. The van der Waals surface area contributed by atoms with Gasteiger partial charge in [0.2, 0.25) is 0 Å². The van der Waals surface area contributed by atoms with Crippen LogP contribution >= 0.6 is 0 Å². The second kappa shape index (κ2) is 4.44. The second-order valence-corrected chi connectivity index (χ2v) is 19.5. The van der Waals surface area contributed by atoms with E-state index in [4.69, 9.17) is 0 Å². The minimum absolute atomic E-state index is 0.0653. The summed E-state index contributed by atoms with van der Waals surface area (Å²) in [4.78, 5) is 29.4. The van der Waals surface area contributed by atoms with Crippen LogP contribution in [0.25, 0.3) is 0 Å². The van der Waals surface area contributed by atoms with Gasteiger partial charge < -0.3 is 0 Å². The molecule has 0 spiro atoms. The molecule has 0 radical (unpaired) electrons. The molecule has 0 aliphatic carbocycles. The van der Waals surface area contributed by atoms with E-state index in [0.717, 1.165) is 9.53 Å². The molecular formula is C11H18N4OSn. The third-order valence-electron chi connectivity index (χ3n) is 2.80. The molecule has 0 unspecified atom stereocenters. The predicted molar refractivity (Wildman–Crippen MR) is 71.5 cm³/mol. The number of hydrogen-bond acceptors (Lipinski definition) is 4. The SMILES string of the molecule is CCN1C(=O)CNc2nc[c]([Sn]([CH3])([CH3])[CH3])nc21. The molecule has 0 saturated heterocycles. The Labute approximate surface area is 106 Å². The molecule has 1 N–H and O–H groups in total. The Morgan fingerprint density at radius 1 is 1.47 bits per heavy atom. The molecule has 6 heteroatoms. The Bertz CT molecular complexity index is 455. The van der Waals surface area contributed by atoms with Crippen LogP contribution in [0.1, 0.15) is 6.92 Å². The summed E-state index contributed by atoms with van der Waals surface area (Å²) in [6.45, 7) is 2.92. The molecule has 1 aromatic rings. The summed E-state index contributed by atoms with van der Waals surface area (Å²) >= 11 is -2.23. The molecule has 17 heavy (non-hydrogen) atoms. The molecule has 2 heterocycles. The van der Waals surface area contributed by atoms with Crippen molar-refractivity contribution >= 4 is 39.6 Å². The van der Waals surface area contributed by atoms with Gasteiger partial charge in [-0.2, -0.15) is 0 Å². The van der Waals surface area contributed by atoms with Gasteiger partial charge in [0, 0.05) is 0 Å². The number of likely N-dealkylation sites (N-methyl/N-ethyl adjacent to an activating group) is 1. The van der Waals surface area contributed by atoms with Crippen LogP contribution in [0.2, 0.25) is 14.8 Å². The van der Waals surface area contributed by atoms with Crippen molar-refractivity contribution in [1.82, 2.24) is 9.97 Å². The third-order valence-corrected chi connectivity index (χ3v) is 7.88. The van der Waals surface area contributed by atoms with Crippen molar-refractivity contribution in [3.8, 4) is 0 Å². The van der Waals surface area contributed by atoms with E-state index in [-0.39, 0.29) is 5.91 Å². The van der Waals surface area contributed by atoms with Crippen LogP contribution in [-0.2, 0) is 4.79 Å². The molecule has 5 nitrogen and oxygen atoms in total. The fraction of sp³-hybridized carbons (Fsp3) is 0.545. The monoisotopic (exact) mass is 342 g/mol. The average Bonchev–Trinajstić information content (AvgIpc) is 2.27. The topological polar surface area (TPSA) is 58.1 Å². The van der Waals surface area contributed by atoms with Gasteiger partial charge in [-0.25, -0.2) is 0 Å². The molecular weight excluding hydrogens is 323 g/mol. The van der Waals surface area contributed by atoms with Gasteiger partial charge in [-0.15, -0.1) is 0 Å². The van der Waals surface area contributed by atoms with Crippen LogP contribution in [0, 0.1) is 0 Å². The van der Waals surface area contributed by atoms with Gasteiger partial charge in [0.05, 0.1) is 0 Å². The van der Waals surface area contributed by atoms with E-state index in [2.05, 4.69) is 30.1 Å². The summed E-state index contributed by atoms with van der Waals surface area (Å²) in [7, 11) is 0. The first-order chi connectivity index (χ1) is 7.93. The Morgan fingerprint density at radius 2 is 2.18 bits per heavy atom. The normalized spacial score (nSPS) is 15.5. The van der Waals surface area contributed by atoms with Gasteiger partial charge in [0.15, 0.2) is 0 Å². The van der Waals surface area contributed by atoms with E-state index in [1.54, 1.807) is 4.90 Å². The van der Waals surface area contributed by atoms with Gasteiger partial charge in [0.1, 0.15) is 0 Å². The number of fused-ring (bicyclic) bond motifs is 1. The number of hydrogen-bond donors (Lipinski definition) is 1. The van der Waals surface area contributed by atoms with Gasteiger partial charge in [0.25, 0.3) is 0 Å². The molecule has 1 aliphatic heterocycles. The first-order valence-electron chi connectivity index (χ1n) is 5.85. The maximum absolute atomic E-state index is 11.8. The van der Waals surface area contributed by atoms with Crippen molar-refractivity contribution < 1.29 is 4.79 Å². The zero-order chi connectivity index (χ0) is 12.6. The average molecular weight is 341 g/mol. The number of anilines is 2. The summed E-state index contributed by atoms with van der Waals surface area (Å²) in [6, 6.07) is 0. The van der Waals surface area contributed by atoms with Crippen molar-refractivity contribution in [3.63, 3.8) is 0 Å². The van der Waals surface area contributed by atoms with Gasteiger partial charge in [-0.3, -0.25) is 0 Å². The molecule has 1 aromatic heterocycles. The number of aromatic nitrogens is 2. The zero-order valence-electron chi connectivity index (χ0n) is 10.7. The fourth-order valence-corrected chi connectivity index (χ4v) is 4.30. The van der Waals surface area contributed by atoms with E-state index in [9.17, 15) is 4.79 Å². The number of nitrogens with zero attached hydrogens (tertiary/aromatic N) is 3. The summed E-state index contributed by atoms with van der Waals surface area (Å²) in [5.74, 6) is 1.49. The van der Waals surface area contributed by atoms with Gasteiger partial charge in [-0.05, 0) is 0 Å². The Balaban J connectivity index is 2.49. The number of amides is 1. The van der Waals surface area contributed by atoms with E-state index in [0.29, 0.717) is 18.9 Å². The first-order valence-corrected chi connectivity index (χ1v) is 15.8. The maximum atomic E-state index is 11.8. The second-order valence-electron chi connectivity index (χ2n) is 5.17. The predicted octanol–water partition coefficient (Wildman–Crippen LogP) is 0.800. The molecule has 1 aliphatic rings. The summed E-state index contributed by atoms with van der Waals surface area (Å²) in [6.07, 6.45) is 1.87. The van der Waals surface area contributed by atoms with Crippen molar-refractivity contribution in [1.29, 1.82) is 0 Å². The Hall–Kier alpha value is -0.851. The zero-order valence-corrected chi connectivity index (χ0v) is 13.6. The van der Waals surface area contributed by atoms with Crippen molar-refractivity contribution in [2.45, 2.75) is 21.7 Å². The van der Waals surface area contributed by atoms with E-state index in [1.807, 2.05) is 13.1 Å². The van der Waals surface area contributed by atoms with Crippen LogP contribution in [0.15, 0.2) is 6.20 Å². The summed E-state index contributed by atoms with van der Waals surface area (Å²) < 4.78 is 1.10. The Morgan fingerprint density at radius 3 is 2.76 bits per heavy atom. The van der Waals surface area contributed by atoms with Gasteiger partial charge in [-0.1, -0.05) is 0 Å². The number of carbonyl (C=O) groups is 1. The van der Waals surface area contributed by atoms with E-state index < -0.39 is 18.4 Å². The van der Waals surface area contributed by atoms with Crippen molar-refractivity contribution in [2.24, 2.45) is 0 Å².